The molecule has 1 aromatic carbocycles. The maximum atomic E-state index is 13.2. The maximum absolute atomic E-state index is 13.2. The van der Waals surface area contributed by atoms with Crippen molar-refractivity contribution in [2.75, 3.05) is 0 Å². The highest BCUT2D eigenvalue weighted by molar-refractivity contribution is 5.86. The summed E-state index contributed by atoms with van der Waals surface area (Å²) in [4.78, 5) is 12.3. The molecular weight excluding hydrogens is 243 g/mol. The van der Waals surface area contributed by atoms with E-state index in [2.05, 4.69) is 5.32 Å². The van der Waals surface area contributed by atoms with E-state index in [0.29, 0.717) is 0 Å². The van der Waals surface area contributed by atoms with Gasteiger partial charge in [0.15, 0.2) is 0 Å². The van der Waals surface area contributed by atoms with Crippen molar-refractivity contribution in [1.29, 1.82) is 0 Å². The van der Waals surface area contributed by atoms with Crippen LogP contribution >= 0.6 is 0 Å². The number of rotatable bonds is 3. The Balaban J connectivity index is 2.02. The second kappa shape index (κ2) is 5.70. The fourth-order valence-electron chi connectivity index (χ4n) is 2.61. The molecule has 104 valence electrons. The van der Waals surface area contributed by atoms with Crippen molar-refractivity contribution in [2.24, 2.45) is 5.73 Å². The van der Waals surface area contributed by atoms with Crippen molar-refractivity contribution in [3.63, 3.8) is 0 Å². The van der Waals surface area contributed by atoms with Crippen molar-refractivity contribution in [2.45, 2.75) is 50.6 Å². The number of nitrogens with two attached hydrogens (primary N) is 1. The average Bonchev–Trinajstić information content (AvgIpc) is 2.39. The maximum Gasteiger partial charge on any atom is 0.240 e. The third kappa shape index (κ3) is 3.32. The minimum absolute atomic E-state index is 0.121. The first-order valence-electron chi connectivity index (χ1n) is 6.86. The highest BCUT2D eigenvalue weighted by Gasteiger charge is 2.35. The minimum atomic E-state index is -0.750. The summed E-state index contributed by atoms with van der Waals surface area (Å²) >= 11 is 0. The Kier molecular flexibility index (Phi) is 4.20. The van der Waals surface area contributed by atoms with E-state index in [4.69, 9.17) is 5.73 Å². The molecule has 0 radical (unpaired) electrons. The van der Waals surface area contributed by atoms with Gasteiger partial charge in [0.2, 0.25) is 5.91 Å². The Hall–Kier alpha value is -1.42. The number of carbonyl (C=O) groups excluding carboxylic acids is 1. The molecule has 1 unspecified atom stereocenters. The van der Waals surface area contributed by atoms with E-state index < -0.39 is 5.54 Å². The summed E-state index contributed by atoms with van der Waals surface area (Å²) in [6, 6.07) is 6.05. The molecule has 1 saturated carbocycles. The van der Waals surface area contributed by atoms with E-state index in [1.54, 1.807) is 12.1 Å². The van der Waals surface area contributed by atoms with E-state index in [9.17, 15) is 9.18 Å². The van der Waals surface area contributed by atoms with Crippen LogP contribution in [0.5, 0.6) is 0 Å². The Morgan fingerprint density at radius 3 is 2.68 bits per heavy atom. The predicted molar refractivity (Wildman–Crippen MR) is 73.0 cm³/mol. The Bertz CT molecular complexity index is 455. The fraction of sp³-hybridized carbons (Fsp3) is 0.533. The van der Waals surface area contributed by atoms with E-state index in [1.165, 1.54) is 12.1 Å². The fourth-order valence-corrected chi connectivity index (χ4v) is 2.61. The quantitative estimate of drug-likeness (QED) is 0.882. The first kappa shape index (κ1) is 14.0. The summed E-state index contributed by atoms with van der Waals surface area (Å²) in [6.45, 7) is 1.85. The molecule has 2 rings (SSSR count). The highest BCUT2D eigenvalue weighted by atomic mass is 19.1. The number of nitrogens with one attached hydrogen (secondary N) is 1. The Labute approximate surface area is 113 Å². The number of benzene rings is 1. The molecule has 3 N–H and O–H groups in total. The molecule has 4 heteroatoms. The monoisotopic (exact) mass is 264 g/mol. The molecule has 1 atom stereocenters. The topological polar surface area (TPSA) is 55.1 Å². The SMILES string of the molecule is CC(NC(=O)C1(N)CCCCC1)c1cccc(F)c1. The van der Waals surface area contributed by atoms with Gasteiger partial charge >= 0.3 is 0 Å². The molecule has 1 aliphatic carbocycles. The summed E-state index contributed by atoms with van der Waals surface area (Å²) in [7, 11) is 0. The predicted octanol–water partition coefficient (Wildman–Crippen LogP) is 2.66. The van der Waals surface area contributed by atoms with Gasteiger partial charge in [-0.15, -0.1) is 0 Å². The number of hydrogen-bond donors (Lipinski definition) is 2. The van der Waals surface area contributed by atoms with Gasteiger partial charge in [-0.2, -0.15) is 0 Å². The van der Waals surface area contributed by atoms with Crippen molar-refractivity contribution < 1.29 is 9.18 Å². The van der Waals surface area contributed by atoms with E-state index in [-0.39, 0.29) is 17.8 Å². The molecule has 19 heavy (non-hydrogen) atoms. The van der Waals surface area contributed by atoms with Crippen LogP contribution in [0.1, 0.15) is 50.6 Å². The molecular formula is C15H21FN2O. The lowest BCUT2D eigenvalue weighted by atomic mass is 9.81. The third-order valence-corrected chi connectivity index (χ3v) is 3.89. The first-order valence-corrected chi connectivity index (χ1v) is 6.86. The lowest BCUT2D eigenvalue weighted by Gasteiger charge is -2.33. The third-order valence-electron chi connectivity index (χ3n) is 3.89. The molecule has 1 aliphatic rings. The number of halogens is 1. The second-order valence-electron chi connectivity index (χ2n) is 5.47. The average molecular weight is 264 g/mol. The van der Waals surface area contributed by atoms with Crippen LogP contribution in [0.3, 0.4) is 0 Å². The van der Waals surface area contributed by atoms with Crippen LogP contribution in [0.4, 0.5) is 4.39 Å². The second-order valence-corrected chi connectivity index (χ2v) is 5.47. The van der Waals surface area contributed by atoms with Crippen LogP contribution in [0.15, 0.2) is 24.3 Å². The largest absolute Gasteiger partial charge is 0.348 e. The van der Waals surface area contributed by atoms with Gasteiger partial charge in [0.1, 0.15) is 5.82 Å². The minimum Gasteiger partial charge on any atom is -0.348 e. The highest BCUT2D eigenvalue weighted by Crippen LogP contribution is 2.27. The van der Waals surface area contributed by atoms with Gasteiger partial charge in [-0.1, -0.05) is 31.4 Å². The van der Waals surface area contributed by atoms with Gasteiger partial charge in [-0.05, 0) is 37.5 Å². The van der Waals surface area contributed by atoms with Crippen LogP contribution in [0.2, 0.25) is 0 Å². The summed E-state index contributed by atoms with van der Waals surface area (Å²) in [5, 5.41) is 2.90. The molecule has 0 spiro atoms. The van der Waals surface area contributed by atoms with Gasteiger partial charge < -0.3 is 11.1 Å². The van der Waals surface area contributed by atoms with Gasteiger partial charge in [-0.3, -0.25) is 4.79 Å². The summed E-state index contributed by atoms with van der Waals surface area (Å²) in [5.74, 6) is -0.414. The Morgan fingerprint density at radius 1 is 1.37 bits per heavy atom. The molecule has 0 heterocycles. The lowest BCUT2D eigenvalue weighted by molar-refractivity contribution is -0.128. The molecule has 0 bridgehead atoms. The number of carbonyl (C=O) groups is 1. The summed E-state index contributed by atoms with van der Waals surface area (Å²) in [6.07, 6.45) is 4.60. The standard InChI is InChI=1S/C15H21FN2O/c1-11(12-6-5-7-13(16)10-12)18-14(19)15(17)8-3-2-4-9-15/h5-7,10-11H,2-4,8-9,17H2,1H3,(H,18,19). The molecule has 0 aliphatic heterocycles. The van der Waals surface area contributed by atoms with E-state index >= 15 is 0 Å². The molecule has 0 saturated heterocycles. The van der Waals surface area contributed by atoms with Crippen LogP contribution in [0.25, 0.3) is 0 Å². The number of hydrogen-bond acceptors (Lipinski definition) is 2. The number of amides is 1. The molecule has 3 nitrogen and oxygen atoms in total. The molecule has 0 aromatic heterocycles. The normalized spacial score (nSPS) is 19.7. The molecule has 1 aromatic rings. The summed E-state index contributed by atoms with van der Waals surface area (Å²) in [5.41, 5.74) is 6.18. The van der Waals surface area contributed by atoms with E-state index in [0.717, 1.165) is 37.7 Å². The summed E-state index contributed by atoms with van der Waals surface area (Å²) < 4.78 is 13.2. The Morgan fingerprint density at radius 2 is 2.05 bits per heavy atom. The molecule has 1 fully saturated rings. The van der Waals surface area contributed by atoms with Crippen molar-refractivity contribution in [3.05, 3.63) is 35.6 Å². The van der Waals surface area contributed by atoms with Crippen LogP contribution in [-0.4, -0.2) is 11.4 Å². The lowest BCUT2D eigenvalue weighted by Crippen LogP contribution is -2.55. The van der Waals surface area contributed by atoms with Crippen LogP contribution in [-0.2, 0) is 4.79 Å². The zero-order chi connectivity index (χ0) is 13.9. The van der Waals surface area contributed by atoms with Gasteiger partial charge in [0, 0.05) is 0 Å². The zero-order valence-electron chi connectivity index (χ0n) is 11.3. The first-order chi connectivity index (χ1) is 9.01. The molecule has 1 amide bonds. The van der Waals surface area contributed by atoms with E-state index in [1.807, 2.05) is 6.92 Å². The zero-order valence-corrected chi connectivity index (χ0v) is 11.3. The van der Waals surface area contributed by atoms with Crippen molar-refractivity contribution in [1.82, 2.24) is 5.32 Å². The van der Waals surface area contributed by atoms with Crippen molar-refractivity contribution >= 4 is 5.91 Å². The van der Waals surface area contributed by atoms with Crippen LogP contribution in [0, 0.1) is 5.82 Å². The van der Waals surface area contributed by atoms with Crippen molar-refractivity contribution in [3.8, 4) is 0 Å². The van der Waals surface area contributed by atoms with Gasteiger partial charge in [0.05, 0.1) is 11.6 Å². The van der Waals surface area contributed by atoms with Gasteiger partial charge in [0.25, 0.3) is 0 Å². The smallest absolute Gasteiger partial charge is 0.240 e. The van der Waals surface area contributed by atoms with Crippen LogP contribution < -0.4 is 11.1 Å². The van der Waals surface area contributed by atoms with Gasteiger partial charge in [-0.25, -0.2) is 4.39 Å².